The molecule has 2 heteroatoms. The van der Waals surface area contributed by atoms with Crippen LogP contribution in [-0.2, 0) is 0 Å². The van der Waals surface area contributed by atoms with Crippen LogP contribution in [-0.4, -0.2) is 17.3 Å². The normalized spacial score (nSPS) is 26.8. The molecule has 1 saturated carbocycles. The average molecular weight is 233 g/mol. The van der Waals surface area contributed by atoms with E-state index >= 15 is 0 Å². The first-order valence-corrected chi connectivity index (χ1v) is 6.67. The van der Waals surface area contributed by atoms with Crippen molar-refractivity contribution < 1.29 is 5.11 Å². The van der Waals surface area contributed by atoms with Crippen LogP contribution in [0.4, 0.5) is 0 Å². The van der Waals surface area contributed by atoms with Gasteiger partial charge in [-0.2, -0.15) is 0 Å². The zero-order chi connectivity index (χ0) is 12.3. The van der Waals surface area contributed by atoms with Crippen LogP contribution in [0.15, 0.2) is 24.3 Å². The Bertz CT molecular complexity index is 346. The summed E-state index contributed by atoms with van der Waals surface area (Å²) in [7, 11) is 0. The summed E-state index contributed by atoms with van der Waals surface area (Å²) in [6.45, 7) is 4.28. The third-order valence-corrected chi connectivity index (χ3v) is 3.77. The molecule has 2 N–H and O–H groups in total. The summed E-state index contributed by atoms with van der Waals surface area (Å²) in [4.78, 5) is 0. The van der Waals surface area contributed by atoms with Gasteiger partial charge in [-0.15, -0.1) is 0 Å². The Balaban J connectivity index is 1.95. The lowest BCUT2D eigenvalue weighted by Gasteiger charge is -2.31. The molecule has 1 fully saturated rings. The van der Waals surface area contributed by atoms with Gasteiger partial charge in [0.25, 0.3) is 0 Å². The molecular weight excluding hydrogens is 210 g/mol. The number of nitrogens with one attached hydrogen (secondary N) is 1. The largest absolute Gasteiger partial charge is 0.392 e. The highest BCUT2D eigenvalue weighted by atomic mass is 16.3. The highest BCUT2D eigenvalue weighted by Crippen LogP contribution is 2.22. The third-order valence-electron chi connectivity index (χ3n) is 3.77. The number of rotatable bonds is 3. The summed E-state index contributed by atoms with van der Waals surface area (Å²) in [5.74, 6) is 0. The van der Waals surface area contributed by atoms with Gasteiger partial charge >= 0.3 is 0 Å². The van der Waals surface area contributed by atoms with Gasteiger partial charge in [-0.25, -0.2) is 0 Å². The molecule has 0 saturated heterocycles. The lowest BCUT2D eigenvalue weighted by molar-refractivity contribution is 0.0860. The van der Waals surface area contributed by atoms with Gasteiger partial charge in [0.2, 0.25) is 0 Å². The van der Waals surface area contributed by atoms with Gasteiger partial charge in [-0.05, 0) is 32.3 Å². The molecule has 1 aromatic rings. The van der Waals surface area contributed by atoms with Crippen LogP contribution in [0.1, 0.15) is 49.8 Å². The van der Waals surface area contributed by atoms with Gasteiger partial charge in [0.1, 0.15) is 0 Å². The predicted molar refractivity (Wildman–Crippen MR) is 71.0 cm³/mol. The molecule has 2 rings (SSSR count). The fourth-order valence-corrected chi connectivity index (χ4v) is 2.58. The third kappa shape index (κ3) is 3.30. The first kappa shape index (κ1) is 12.6. The summed E-state index contributed by atoms with van der Waals surface area (Å²) in [5.41, 5.74) is 2.59. The first-order valence-electron chi connectivity index (χ1n) is 6.67. The van der Waals surface area contributed by atoms with Gasteiger partial charge < -0.3 is 10.4 Å². The molecular formula is C15H23NO. The van der Waals surface area contributed by atoms with E-state index < -0.39 is 0 Å². The maximum atomic E-state index is 9.95. The van der Waals surface area contributed by atoms with E-state index in [0.29, 0.717) is 6.04 Å². The van der Waals surface area contributed by atoms with Crippen molar-refractivity contribution in [3.8, 4) is 0 Å². The molecule has 0 amide bonds. The zero-order valence-corrected chi connectivity index (χ0v) is 10.8. The van der Waals surface area contributed by atoms with E-state index in [0.717, 1.165) is 19.3 Å². The minimum absolute atomic E-state index is 0.170. The molecule has 17 heavy (non-hydrogen) atoms. The van der Waals surface area contributed by atoms with E-state index in [2.05, 4.69) is 43.4 Å². The molecule has 0 bridgehead atoms. The molecule has 2 nitrogen and oxygen atoms in total. The quantitative estimate of drug-likeness (QED) is 0.841. The van der Waals surface area contributed by atoms with Crippen LogP contribution >= 0.6 is 0 Å². The lowest BCUT2D eigenvalue weighted by Crippen LogP contribution is -2.43. The van der Waals surface area contributed by atoms with E-state index in [1.54, 1.807) is 0 Å². The highest BCUT2D eigenvalue weighted by molar-refractivity contribution is 5.23. The second kappa shape index (κ2) is 5.65. The molecule has 0 spiro atoms. The zero-order valence-electron chi connectivity index (χ0n) is 10.8. The minimum Gasteiger partial charge on any atom is -0.392 e. The van der Waals surface area contributed by atoms with Gasteiger partial charge in [-0.3, -0.25) is 0 Å². The van der Waals surface area contributed by atoms with E-state index in [4.69, 9.17) is 0 Å². The number of aryl methyl sites for hydroxylation is 1. The van der Waals surface area contributed by atoms with Crippen molar-refractivity contribution in [2.24, 2.45) is 0 Å². The highest BCUT2D eigenvalue weighted by Gasteiger charge is 2.24. The number of aliphatic hydroxyl groups is 1. The minimum atomic E-state index is -0.170. The Labute approximate surface area is 104 Å². The number of hydrogen-bond donors (Lipinski definition) is 2. The van der Waals surface area contributed by atoms with E-state index in [9.17, 15) is 5.11 Å². The van der Waals surface area contributed by atoms with E-state index in [1.165, 1.54) is 17.5 Å². The van der Waals surface area contributed by atoms with Gasteiger partial charge in [-0.1, -0.05) is 42.7 Å². The number of hydrogen-bond acceptors (Lipinski definition) is 2. The Morgan fingerprint density at radius 3 is 2.47 bits per heavy atom. The van der Waals surface area contributed by atoms with Gasteiger partial charge in [0, 0.05) is 12.1 Å². The molecule has 0 radical (unpaired) electrons. The summed E-state index contributed by atoms with van der Waals surface area (Å²) >= 11 is 0. The van der Waals surface area contributed by atoms with Crippen molar-refractivity contribution in [3.63, 3.8) is 0 Å². The summed E-state index contributed by atoms with van der Waals surface area (Å²) in [6.07, 6.45) is 4.26. The molecule has 1 aliphatic rings. The Hall–Kier alpha value is -0.860. The smallest absolute Gasteiger partial charge is 0.0693 e. The molecule has 94 valence electrons. The van der Waals surface area contributed by atoms with Crippen LogP contribution in [0.3, 0.4) is 0 Å². The fourth-order valence-electron chi connectivity index (χ4n) is 2.58. The number of benzene rings is 1. The summed E-state index contributed by atoms with van der Waals surface area (Å²) in [5, 5.41) is 13.5. The second-order valence-corrected chi connectivity index (χ2v) is 5.26. The van der Waals surface area contributed by atoms with E-state index in [1.807, 2.05) is 0 Å². The maximum Gasteiger partial charge on any atom is 0.0693 e. The number of aliphatic hydroxyl groups excluding tert-OH is 1. The lowest BCUT2D eigenvalue weighted by atomic mass is 9.91. The van der Waals surface area contributed by atoms with Gasteiger partial charge in [0.05, 0.1) is 6.10 Å². The van der Waals surface area contributed by atoms with Crippen molar-refractivity contribution in [2.75, 3.05) is 0 Å². The van der Waals surface area contributed by atoms with Crippen LogP contribution in [0.25, 0.3) is 0 Å². The van der Waals surface area contributed by atoms with Crippen LogP contribution in [0.5, 0.6) is 0 Å². The van der Waals surface area contributed by atoms with Crippen molar-refractivity contribution in [1.29, 1.82) is 0 Å². The molecule has 0 aliphatic heterocycles. The molecule has 3 atom stereocenters. The molecule has 1 aromatic carbocycles. The monoisotopic (exact) mass is 233 g/mol. The van der Waals surface area contributed by atoms with Crippen molar-refractivity contribution in [3.05, 3.63) is 35.4 Å². The van der Waals surface area contributed by atoms with Gasteiger partial charge in [0.15, 0.2) is 0 Å². The average Bonchev–Trinajstić information content (AvgIpc) is 2.33. The predicted octanol–water partition coefficient (Wildman–Crippen LogP) is 2.95. The second-order valence-electron chi connectivity index (χ2n) is 5.26. The summed E-state index contributed by atoms with van der Waals surface area (Å²) in [6, 6.07) is 9.20. The first-order chi connectivity index (χ1) is 8.16. The standard InChI is InChI=1S/C15H23NO/c1-11-7-9-13(10-8-11)12(2)16-14-5-3-4-6-15(14)17/h7-10,12,14-17H,3-6H2,1-2H3/t12-,14?,15?/m1/s1. The van der Waals surface area contributed by atoms with Crippen LogP contribution < -0.4 is 5.32 Å². The van der Waals surface area contributed by atoms with E-state index in [-0.39, 0.29) is 12.1 Å². The van der Waals surface area contributed by atoms with Crippen molar-refractivity contribution in [1.82, 2.24) is 5.32 Å². The topological polar surface area (TPSA) is 32.3 Å². The molecule has 2 unspecified atom stereocenters. The van der Waals surface area contributed by atoms with Crippen LogP contribution in [0, 0.1) is 6.92 Å². The Morgan fingerprint density at radius 1 is 1.18 bits per heavy atom. The fraction of sp³-hybridized carbons (Fsp3) is 0.600. The van der Waals surface area contributed by atoms with Crippen LogP contribution in [0.2, 0.25) is 0 Å². The Kier molecular flexibility index (Phi) is 4.19. The molecule has 0 aromatic heterocycles. The van der Waals surface area contributed by atoms with Crippen molar-refractivity contribution in [2.45, 2.75) is 57.7 Å². The summed E-state index contributed by atoms with van der Waals surface area (Å²) < 4.78 is 0. The maximum absolute atomic E-state index is 9.95. The Morgan fingerprint density at radius 2 is 1.82 bits per heavy atom. The molecule has 1 aliphatic carbocycles. The van der Waals surface area contributed by atoms with Crippen molar-refractivity contribution >= 4 is 0 Å². The molecule has 0 heterocycles. The SMILES string of the molecule is Cc1ccc([C@@H](C)NC2CCCCC2O)cc1.